The Balaban J connectivity index is 1.37. The molecule has 34 heavy (non-hydrogen) atoms. The number of hydrogen-bond acceptors (Lipinski definition) is 5. The first kappa shape index (κ1) is 25.2. The van der Waals surface area contributed by atoms with Gasteiger partial charge in [-0.15, -0.1) is 4.83 Å². The number of aromatic amines is 1. The lowest BCUT2D eigenvalue weighted by Crippen LogP contribution is -2.47. The van der Waals surface area contributed by atoms with E-state index in [0.717, 1.165) is 67.9 Å². The predicted molar refractivity (Wildman–Crippen MR) is 139 cm³/mol. The predicted octanol–water partition coefficient (Wildman–Crippen LogP) is 3.59. The van der Waals surface area contributed by atoms with Crippen LogP contribution in [0.3, 0.4) is 0 Å². The van der Waals surface area contributed by atoms with Crippen molar-refractivity contribution in [2.45, 2.75) is 24.2 Å². The molecule has 0 atom stereocenters. The van der Waals surface area contributed by atoms with E-state index in [4.69, 9.17) is 11.6 Å². The maximum atomic E-state index is 13.0. The number of benzene rings is 2. The monoisotopic (exact) mass is 503 g/mol. The Labute approximate surface area is 207 Å². The number of hydrogen-bond donors (Lipinski definition) is 2. The lowest BCUT2D eigenvalue weighted by molar-refractivity contribution is 0.142. The lowest BCUT2D eigenvalue weighted by atomic mass is 10.1. The summed E-state index contributed by atoms with van der Waals surface area (Å²) in [5, 5.41) is 3.70. The van der Waals surface area contributed by atoms with Crippen molar-refractivity contribution in [2.75, 3.05) is 52.9 Å². The third-order valence-electron chi connectivity index (χ3n) is 6.40. The highest BCUT2D eigenvalue weighted by Crippen LogP contribution is 2.23. The van der Waals surface area contributed by atoms with Crippen LogP contribution in [0.4, 0.5) is 0 Å². The standard InChI is InChI=1S/C25H34ClN5O2S/c1-29-15-17-30(18-16-29)12-6-14-31(28-34(32,33)23-8-3-2-4-9-23)13-5-7-21-20-27-25-11-10-22(26)19-24(21)25/h2-4,8-11,19-20,27-28H,5-7,12-18H2,1H3. The zero-order valence-corrected chi connectivity index (χ0v) is 21.3. The molecule has 0 saturated carbocycles. The molecule has 4 rings (SSSR count). The number of rotatable bonds is 11. The van der Waals surface area contributed by atoms with Gasteiger partial charge in [0, 0.05) is 61.4 Å². The van der Waals surface area contributed by atoms with Crippen molar-refractivity contribution in [3.8, 4) is 0 Å². The molecule has 0 amide bonds. The maximum Gasteiger partial charge on any atom is 0.253 e. The van der Waals surface area contributed by atoms with Crippen LogP contribution in [-0.4, -0.2) is 81.1 Å². The molecule has 0 spiro atoms. The molecular formula is C25H34ClN5O2S. The van der Waals surface area contributed by atoms with E-state index in [1.54, 1.807) is 24.3 Å². The number of hydrazine groups is 1. The number of halogens is 1. The number of aromatic nitrogens is 1. The fraction of sp³-hybridized carbons (Fsp3) is 0.440. The highest BCUT2D eigenvalue weighted by Gasteiger charge is 2.19. The third kappa shape index (κ3) is 6.81. The summed E-state index contributed by atoms with van der Waals surface area (Å²) in [5.41, 5.74) is 2.26. The van der Waals surface area contributed by atoms with Crippen molar-refractivity contribution in [3.63, 3.8) is 0 Å². The molecule has 0 radical (unpaired) electrons. The quantitative estimate of drug-likeness (QED) is 0.391. The Kier molecular flexibility index (Phi) is 8.63. The van der Waals surface area contributed by atoms with Crippen LogP contribution < -0.4 is 4.83 Å². The van der Waals surface area contributed by atoms with E-state index in [-0.39, 0.29) is 4.90 Å². The minimum atomic E-state index is -3.61. The molecular weight excluding hydrogens is 470 g/mol. The molecule has 7 nitrogen and oxygen atoms in total. The number of nitrogens with zero attached hydrogens (tertiary/aromatic N) is 3. The van der Waals surface area contributed by atoms with E-state index in [2.05, 4.69) is 26.7 Å². The van der Waals surface area contributed by atoms with Gasteiger partial charge in [0.15, 0.2) is 0 Å². The molecule has 184 valence electrons. The summed E-state index contributed by atoms with van der Waals surface area (Å²) in [6.07, 6.45) is 4.59. The van der Waals surface area contributed by atoms with Gasteiger partial charge in [0.05, 0.1) is 4.90 Å². The van der Waals surface area contributed by atoms with E-state index in [9.17, 15) is 8.42 Å². The third-order valence-corrected chi connectivity index (χ3v) is 8.03. The van der Waals surface area contributed by atoms with Gasteiger partial charge in [-0.2, -0.15) is 0 Å². The van der Waals surface area contributed by atoms with Crippen molar-refractivity contribution in [2.24, 2.45) is 0 Å². The fourth-order valence-electron chi connectivity index (χ4n) is 4.40. The number of piperazine rings is 1. The Morgan fingerprint density at radius 1 is 1.03 bits per heavy atom. The molecule has 0 bridgehead atoms. The van der Waals surface area contributed by atoms with Crippen molar-refractivity contribution >= 4 is 32.5 Å². The molecule has 3 aromatic rings. The SMILES string of the molecule is CN1CCN(CCCN(CCCc2c[nH]c3ccc(Cl)cc23)NS(=O)(=O)c2ccccc2)CC1. The molecule has 0 aliphatic carbocycles. The largest absolute Gasteiger partial charge is 0.361 e. The van der Waals surface area contributed by atoms with E-state index < -0.39 is 10.0 Å². The van der Waals surface area contributed by atoms with Gasteiger partial charge >= 0.3 is 0 Å². The average Bonchev–Trinajstić information content (AvgIpc) is 3.22. The number of H-pyrrole nitrogens is 1. The summed E-state index contributed by atoms with van der Waals surface area (Å²) in [5.74, 6) is 0. The zero-order chi connectivity index (χ0) is 24.0. The van der Waals surface area contributed by atoms with Gasteiger partial charge in [0.2, 0.25) is 0 Å². The zero-order valence-electron chi connectivity index (χ0n) is 19.7. The van der Waals surface area contributed by atoms with Crippen LogP contribution in [0.25, 0.3) is 10.9 Å². The van der Waals surface area contributed by atoms with Gasteiger partial charge in [-0.05, 0) is 68.8 Å². The first-order valence-electron chi connectivity index (χ1n) is 11.9. The van der Waals surface area contributed by atoms with Gasteiger partial charge in [0.1, 0.15) is 0 Å². The highest BCUT2D eigenvalue weighted by molar-refractivity contribution is 7.89. The van der Waals surface area contributed by atoms with Crippen molar-refractivity contribution in [1.29, 1.82) is 0 Å². The minimum Gasteiger partial charge on any atom is -0.361 e. The van der Waals surface area contributed by atoms with E-state index in [0.29, 0.717) is 13.1 Å². The van der Waals surface area contributed by atoms with Gasteiger partial charge in [0.25, 0.3) is 10.0 Å². The van der Waals surface area contributed by atoms with Crippen LogP contribution in [0.5, 0.6) is 0 Å². The molecule has 1 aliphatic rings. The topological polar surface area (TPSA) is 71.7 Å². The van der Waals surface area contributed by atoms with Gasteiger partial charge in [-0.1, -0.05) is 29.8 Å². The second kappa shape index (κ2) is 11.7. The van der Waals surface area contributed by atoms with E-state index in [1.807, 2.05) is 35.5 Å². The maximum absolute atomic E-state index is 13.0. The van der Waals surface area contributed by atoms with Crippen molar-refractivity contribution < 1.29 is 8.42 Å². The Bertz CT molecular complexity index is 1160. The average molecular weight is 504 g/mol. The van der Waals surface area contributed by atoms with Crippen molar-refractivity contribution in [3.05, 3.63) is 65.3 Å². The Hall–Kier alpha value is -1.94. The minimum absolute atomic E-state index is 0.283. The van der Waals surface area contributed by atoms with Gasteiger partial charge in [-0.25, -0.2) is 13.4 Å². The Morgan fingerprint density at radius 2 is 1.76 bits per heavy atom. The smallest absolute Gasteiger partial charge is 0.253 e. The molecule has 1 aliphatic heterocycles. The van der Waals surface area contributed by atoms with Crippen LogP contribution in [0.2, 0.25) is 5.02 Å². The first-order chi connectivity index (χ1) is 16.4. The summed E-state index contributed by atoms with van der Waals surface area (Å²) in [6.45, 7) is 6.56. The molecule has 1 fully saturated rings. The normalized spacial score (nSPS) is 16.0. The summed E-state index contributed by atoms with van der Waals surface area (Å²) in [7, 11) is -1.46. The van der Waals surface area contributed by atoms with Crippen LogP contribution >= 0.6 is 11.6 Å². The highest BCUT2D eigenvalue weighted by atomic mass is 35.5. The first-order valence-corrected chi connectivity index (χ1v) is 13.8. The number of fused-ring (bicyclic) bond motifs is 1. The lowest BCUT2D eigenvalue weighted by Gasteiger charge is -2.33. The van der Waals surface area contributed by atoms with Crippen LogP contribution in [0.15, 0.2) is 59.6 Å². The van der Waals surface area contributed by atoms with Crippen LogP contribution in [-0.2, 0) is 16.4 Å². The van der Waals surface area contributed by atoms with Crippen LogP contribution in [0.1, 0.15) is 18.4 Å². The van der Waals surface area contributed by atoms with E-state index >= 15 is 0 Å². The van der Waals surface area contributed by atoms with Gasteiger partial charge < -0.3 is 14.8 Å². The van der Waals surface area contributed by atoms with E-state index in [1.165, 1.54) is 5.56 Å². The molecule has 2 N–H and O–H groups in total. The molecule has 2 aromatic carbocycles. The van der Waals surface area contributed by atoms with Crippen molar-refractivity contribution in [1.82, 2.24) is 24.6 Å². The number of aryl methyl sites for hydroxylation is 1. The van der Waals surface area contributed by atoms with Gasteiger partial charge in [-0.3, -0.25) is 0 Å². The Morgan fingerprint density at radius 3 is 2.53 bits per heavy atom. The summed E-state index contributed by atoms with van der Waals surface area (Å²) in [4.78, 5) is 11.2. The number of likely N-dealkylation sites (N-methyl/N-ethyl adjacent to an activating group) is 1. The fourth-order valence-corrected chi connectivity index (χ4v) is 5.72. The molecule has 1 aromatic heterocycles. The summed E-state index contributed by atoms with van der Waals surface area (Å²) >= 11 is 6.19. The number of nitrogens with one attached hydrogen (secondary N) is 2. The second-order valence-electron chi connectivity index (χ2n) is 9.00. The van der Waals surface area contributed by atoms with Crippen LogP contribution in [0, 0.1) is 0 Å². The molecule has 9 heteroatoms. The second-order valence-corrected chi connectivity index (χ2v) is 11.1. The molecule has 0 unspecified atom stereocenters. The molecule has 2 heterocycles. The summed E-state index contributed by atoms with van der Waals surface area (Å²) in [6, 6.07) is 14.4. The number of sulfonamides is 1. The summed E-state index contributed by atoms with van der Waals surface area (Å²) < 4.78 is 25.9. The molecule has 1 saturated heterocycles.